The minimum atomic E-state index is -0.234. The van der Waals surface area contributed by atoms with Gasteiger partial charge in [-0.3, -0.25) is 4.79 Å². The van der Waals surface area contributed by atoms with Gasteiger partial charge in [0.25, 0.3) is 0 Å². The number of allylic oxidation sites excluding steroid dienone is 5. The lowest BCUT2D eigenvalue weighted by molar-refractivity contribution is -0.118. The fourth-order valence-electron chi connectivity index (χ4n) is 2.19. The Morgan fingerprint density at radius 3 is 2.71 bits per heavy atom. The van der Waals surface area contributed by atoms with Gasteiger partial charge in [-0.05, 0) is 42.8 Å². The Bertz CT molecular complexity index is 638. The van der Waals surface area contributed by atoms with Crippen molar-refractivity contribution in [2.24, 2.45) is 0 Å². The van der Waals surface area contributed by atoms with Crippen molar-refractivity contribution in [1.29, 1.82) is 0 Å². The molecule has 1 aromatic rings. The summed E-state index contributed by atoms with van der Waals surface area (Å²) in [5.41, 5.74) is 1.89. The molecule has 0 bridgehead atoms. The molecule has 0 aliphatic heterocycles. The molecule has 1 aromatic carbocycles. The van der Waals surface area contributed by atoms with E-state index in [0.29, 0.717) is 19.5 Å². The number of halogens is 2. The minimum absolute atomic E-state index is 0.0627. The van der Waals surface area contributed by atoms with E-state index in [1.165, 1.54) is 19.1 Å². The summed E-state index contributed by atoms with van der Waals surface area (Å²) in [4.78, 5) is 13.1. The highest BCUT2D eigenvalue weighted by molar-refractivity contribution is 9.10. The number of nitrogens with zero attached hydrogens (tertiary/aromatic N) is 1. The standard InChI is InChI=1S/C17H18BrFN2O.C2H6/c1-13(22)20-10-11-21(17-7-2-4-14(18)12-17)16-6-3-5-15(19)8-9-16;1-2/h2,4-9,12H,3,10-11H2,1H3,(H,20,22);1-2H3. The average Bonchev–Trinajstić information content (AvgIpc) is 2.78. The van der Waals surface area contributed by atoms with Crippen molar-refractivity contribution < 1.29 is 9.18 Å². The summed E-state index contributed by atoms with van der Waals surface area (Å²) in [5.74, 6) is -0.297. The van der Waals surface area contributed by atoms with E-state index in [-0.39, 0.29) is 11.7 Å². The molecule has 0 fully saturated rings. The summed E-state index contributed by atoms with van der Waals surface area (Å²) in [6.45, 7) is 6.62. The van der Waals surface area contributed by atoms with Crippen LogP contribution in [0.4, 0.5) is 10.1 Å². The monoisotopic (exact) mass is 394 g/mol. The molecular weight excluding hydrogens is 371 g/mol. The Kier molecular flexibility index (Phi) is 9.08. The van der Waals surface area contributed by atoms with Crippen LogP contribution in [-0.2, 0) is 4.79 Å². The molecule has 0 aromatic heterocycles. The Labute approximate surface area is 152 Å². The lowest BCUT2D eigenvalue weighted by atomic mass is 10.2. The molecule has 1 amide bonds. The van der Waals surface area contributed by atoms with E-state index in [0.717, 1.165) is 15.9 Å². The molecule has 0 heterocycles. The number of hydrogen-bond donors (Lipinski definition) is 1. The summed E-state index contributed by atoms with van der Waals surface area (Å²) in [5, 5.41) is 2.79. The van der Waals surface area contributed by atoms with E-state index in [9.17, 15) is 9.18 Å². The van der Waals surface area contributed by atoms with Crippen LogP contribution in [0.3, 0.4) is 0 Å². The molecule has 0 atom stereocenters. The van der Waals surface area contributed by atoms with E-state index in [2.05, 4.69) is 26.1 Å². The number of carbonyl (C=O) groups is 1. The van der Waals surface area contributed by atoms with Crippen LogP contribution in [0.25, 0.3) is 0 Å². The van der Waals surface area contributed by atoms with E-state index in [4.69, 9.17) is 0 Å². The molecule has 2 rings (SSSR count). The maximum absolute atomic E-state index is 13.4. The largest absolute Gasteiger partial charge is 0.355 e. The van der Waals surface area contributed by atoms with E-state index < -0.39 is 0 Å². The number of hydrogen-bond acceptors (Lipinski definition) is 2. The maximum atomic E-state index is 13.4. The van der Waals surface area contributed by atoms with Crippen LogP contribution in [0.5, 0.6) is 0 Å². The van der Waals surface area contributed by atoms with Gasteiger partial charge in [0.1, 0.15) is 5.83 Å². The lowest BCUT2D eigenvalue weighted by Gasteiger charge is -2.26. The van der Waals surface area contributed by atoms with Gasteiger partial charge in [-0.15, -0.1) is 0 Å². The number of benzene rings is 1. The molecule has 0 saturated carbocycles. The molecule has 3 nitrogen and oxygen atoms in total. The second-order valence-electron chi connectivity index (χ2n) is 4.90. The predicted molar refractivity (Wildman–Crippen MR) is 103 cm³/mol. The first-order valence-electron chi connectivity index (χ1n) is 8.07. The number of amides is 1. The van der Waals surface area contributed by atoms with Crippen LogP contribution in [0.2, 0.25) is 0 Å². The molecule has 0 unspecified atom stereocenters. The van der Waals surface area contributed by atoms with Crippen molar-refractivity contribution in [1.82, 2.24) is 5.32 Å². The summed E-state index contributed by atoms with van der Waals surface area (Å²) >= 11 is 3.47. The third-order valence-electron chi connectivity index (χ3n) is 3.19. The zero-order chi connectivity index (χ0) is 17.9. The molecule has 0 radical (unpaired) electrons. The number of carbonyl (C=O) groups excluding carboxylic acids is 1. The van der Waals surface area contributed by atoms with Crippen LogP contribution in [0, 0.1) is 0 Å². The molecule has 0 spiro atoms. The molecule has 24 heavy (non-hydrogen) atoms. The minimum Gasteiger partial charge on any atom is -0.355 e. The Morgan fingerprint density at radius 1 is 1.29 bits per heavy atom. The third-order valence-corrected chi connectivity index (χ3v) is 3.69. The SMILES string of the molecule is CC.CC(=O)NCCN(C1=CCC=C(F)C=C1)c1cccc(Br)c1. The molecule has 5 heteroatoms. The van der Waals surface area contributed by atoms with Gasteiger partial charge in [-0.1, -0.05) is 41.9 Å². The lowest BCUT2D eigenvalue weighted by Crippen LogP contribution is -2.33. The van der Waals surface area contributed by atoms with Gasteiger partial charge in [0.15, 0.2) is 0 Å². The normalized spacial score (nSPS) is 13.0. The topological polar surface area (TPSA) is 32.3 Å². The van der Waals surface area contributed by atoms with E-state index in [1.54, 1.807) is 6.08 Å². The van der Waals surface area contributed by atoms with Crippen LogP contribution < -0.4 is 10.2 Å². The Morgan fingerprint density at radius 2 is 2.04 bits per heavy atom. The fourth-order valence-corrected chi connectivity index (χ4v) is 2.58. The highest BCUT2D eigenvalue weighted by Gasteiger charge is 2.12. The number of anilines is 1. The van der Waals surface area contributed by atoms with Gasteiger partial charge >= 0.3 is 0 Å². The number of rotatable bonds is 5. The van der Waals surface area contributed by atoms with E-state index >= 15 is 0 Å². The number of nitrogens with one attached hydrogen (secondary N) is 1. The van der Waals surface area contributed by atoms with Gasteiger partial charge in [0, 0.05) is 35.9 Å². The molecule has 0 saturated heterocycles. The van der Waals surface area contributed by atoms with Gasteiger partial charge < -0.3 is 10.2 Å². The molecule has 1 N–H and O–H groups in total. The Balaban J connectivity index is 0.00000139. The Hall–Kier alpha value is -1.88. The smallest absolute Gasteiger partial charge is 0.216 e. The first-order chi connectivity index (χ1) is 11.6. The van der Waals surface area contributed by atoms with Crippen molar-refractivity contribution in [3.05, 3.63) is 64.6 Å². The molecular formula is C19H24BrFN2O. The second-order valence-corrected chi connectivity index (χ2v) is 5.82. The van der Waals surface area contributed by atoms with Crippen molar-refractivity contribution in [3.63, 3.8) is 0 Å². The quantitative estimate of drug-likeness (QED) is 0.751. The summed E-state index contributed by atoms with van der Waals surface area (Å²) in [7, 11) is 0. The van der Waals surface area contributed by atoms with Gasteiger partial charge in [-0.25, -0.2) is 4.39 Å². The van der Waals surface area contributed by atoms with Crippen molar-refractivity contribution >= 4 is 27.5 Å². The van der Waals surface area contributed by atoms with Crippen molar-refractivity contribution in [3.8, 4) is 0 Å². The first-order valence-corrected chi connectivity index (χ1v) is 8.87. The zero-order valence-corrected chi connectivity index (χ0v) is 15.9. The fraction of sp³-hybridized carbons (Fsp3) is 0.316. The summed E-state index contributed by atoms with van der Waals surface area (Å²) in [6.07, 6.45) is 7.27. The molecule has 1 aliphatic carbocycles. The highest BCUT2D eigenvalue weighted by Crippen LogP contribution is 2.25. The zero-order valence-electron chi connectivity index (χ0n) is 14.4. The van der Waals surface area contributed by atoms with Crippen LogP contribution >= 0.6 is 15.9 Å². The maximum Gasteiger partial charge on any atom is 0.216 e. The first kappa shape index (κ1) is 20.2. The second kappa shape index (κ2) is 10.8. The van der Waals surface area contributed by atoms with Gasteiger partial charge in [0.05, 0.1) is 0 Å². The van der Waals surface area contributed by atoms with Gasteiger partial charge in [0.2, 0.25) is 5.91 Å². The van der Waals surface area contributed by atoms with Crippen LogP contribution in [0.1, 0.15) is 27.2 Å². The molecule has 1 aliphatic rings. The summed E-state index contributed by atoms with van der Waals surface area (Å²) in [6, 6.07) is 7.89. The predicted octanol–water partition coefficient (Wildman–Crippen LogP) is 5.12. The summed E-state index contributed by atoms with van der Waals surface area (Å²) < 4.78 is 14.3. The average molecular weight is 395 g/mol. The van der Waals surface area contributed by atoms with Gasteiger partial charge in [-0.2, -0.15) is 0 Å². The molecule has 130 valence electrons. The van der Waals surface area contributed by atoms with Crippen molar-refractivity contribution in [2.75, 3.05) is 18.0 Å². The van der Waals surface area contributed by atoms with E-state index in [1.807, 2.05) is 44.2 Å². The highest BCUT2D eigenvalue weighted by atomic mass is 79.9. The van der Waals surface area contributed by atoms with Crippen molar-refractivity contribution in [2.45, 2.75) is 27.2 Å². The third kappa shape index (κ3) is 6.71. The van der Waals surface area contributed by atoms with Crippen LogP contribution in [0.15, 0.2) is 64.6 Å². The van der Waals surface area contributed by atoms with Crippen LogP contribution in [-0.4, -0.2) is 19.0 Å².